The maximum atomic E-state index is 11.8. The second kappa shape index (κ2) is 6.26. The van der Waals surface area contributed by atoms with E-state index in [4.69, 9.17) is 16.3 Å². The number of halogens is 1. The minimum absolute atomic E-state index is 0.216. The van der Waals surface area contributed by atoms with Crippen LogP contribution in [0.1, 0.15) is 24.2 Å². The normalized spacial score (nSPS) is 10.1. The molecule has 0 atom stereocenters. The zero-order valence-electron chi connectivity index (χ0n) is 10.4. The number of carbonyl (C=O) groups is 2. The molecule has 0 radical (unpaired) electrons. The Hall–Kier alpha value is -1.75. The van der Waals surface area contributed by atoms with Crippen molar-refractivity contribution in [1.29, 1.82) is 0 Å². The number of benzene rings is 1. The van der Waals surface area contributed by atoms with Gasteiger partial charge in [0.2, 0.25) is 5.91 Å². The Balaban J connectivity index is 2.78. The monoisotopic (exact) mass is 270 g/mol. The third-order valence-electron chi connectivity index (χ3n) is 2.23. The number of hydrogen-bond donors (Lipinski definition) is 2. The van der Waals surface area contributed by atoms with E-state index in [1.54, 1.807) is 26.0 Å². The second-order valence-corrected chi connectivity index (χ2v) is 4.38. The smallest absolute Gasteiger partial charge is 0.273 e. The Morgan fingerprint density at radius 3 is 2.50 bits per heavy atom. The summed E-state index contributed by atoms with van der Waals surface area (Å²) in [6.07, 6.45) is 0. The van der Waals surface area contributed by atoms with Gasteiger partial charge < -0.3 is 4.74 Å². The van der Waals surface area contributed by atoms with Crippen LogP contribution in [0.15, 0.2) is 18.2 Å². The summed E-state index contributed by atoms with van der Waals surface area (Å²) in [7, 11) is 1.45. The molecule has 0 unspecified atom stereocenters. The van der Waals surface area contributed by atoms with Crippen molar-refractivity contribution in [2.24, 2.45) is 5.92 Å². The van der Waals surface area contributed by atoms with Gasteiger partial charge in [0.25, 0.3) is 5.91 Å². The van der Waals surface area contributed by atoms with Gasteiger partial charge in [0.1, 0.15) is 5.75 Å². The van der Waals surface area contributed by atoms with E-state index in [-0.39, 0.29) is 17.4 Å². The molecule has 0 saturated carbocycles. The molecule has 18 heavy (non-hydrogen) atoms. The second-order valence-electron chi connectivity index (χ2n) is 3.94. The molecule has 0 heterocycles. The van der Waals surface area contributed by atoms with Crippen LogP contribution in [0, 0.1) is 5.92 Å². The third-order valence-corrected chi connectivity index (χ3v) is 2.46. The van der Waals surface area contributed by atoms with E-state index in [9.17, 15) is 9.59 Å². The third kappa shape index (κ3) is 3.63. The van der Waals surface area contributed by atoms with Crippen molar-refractivity contribution in [3.63, 3.8) is 0 Å². The fraction of sp³-hybridized carbons (Fsp3) is 0.333. The van der Waals surface area contributed by atoms with Gasteiger partial charge in [0.15, 0.2) is 0 Å². The van der Waals surface area contributed by atoms with Crippen LogP contribution in [0.25, 0.3) is 0 Å². The Kier molecular flexibility index (Phi) is 4.97. The van der Waals surface area contributed by atoms with E-state index in [0.717, 1.165) is 0 Å². The fourth-order valence-electron chi connectivity index (χ4n) is 1.19. The highest BCUT2D eigenvalue weighted by Gasteiger charge is 2.14. The first-order valence-corrected chi connectivity index (χ1v) is 5.77. The summed E-state index contributed by atoms with van der Waals surface area (Å²) in [5.41, 5.74) is 4.88. The molecule has 0 saturated heterocycles. The lowest BCUT2D eigenvalue weighted by Crippen LogP contribution is -2.43. The summed E-state index contributed by atoms with van der Waals surface area (Å²) in [6.45, 7) is 3.45. The SMILES string of the molecule is COc1ccc(Cl)cc1C(=O)NNC(=O)C(C)C. The maximum absolute atomic E-state index is 11.8. The van der Waals surface area contributed by atoms with Gasteiger partial charge in [-0.2, -0.15) is 0 Å². The van der Waals surface area contributed by atoms with Gasteiger partial charge in [-0.1, -0.05) is 25.4 Å². The van der Waals surface area contributed by atoms with Crippen molar-refractivity contribution in [1.82, 2.24) is 10.9 Å². The van der Waals surface area contributed by atoms with Crippen molar-refractivity contribution >= 4 is 23.4 Å². The van der Waals surface area contributed by atoms with E-state index in [1.165, 1.54) is 13.2 Å². The number of amides is 2. The van der Waals surface area contributed by atoms with Crippen LogP contribution in [0.2, 0.25) is 5.02 Å². The highest BCUT2D eigenvalue weighted by atomic mass is 35.5. The molecule has 1 aromatic carbocycles. The minimum atomic E-state index is -0.483. The lowest BCUT2D eigenvalue weighted by Gasteiger charge is -2.11. The molecule has 1 rings (SSSR count). The molecule has 0 aliphatic carbocycles. The molecular formula is C12H15ClN2O3. The van der Waals surface area contributed by atoms with Gasteiger partial charge in [-0.05, 0) is 18.2 Å². The number of carbonyl (C=O) groups excluding carboxylic acids is 2. The number of methoxy groups -OCH3 is 1. The van der Waals surface area contributed by atoms with E-state index in [0.29, 0.717) is 10.8 Å². The van der Waals surface area contributed by atoms with Crippen molar-refractivity contribution in [2.75, 3.05) is 7.11 Å². The van der Waals surface area contributed by atoms with Crippen LogP contribution in [0.3, 0.4) is 0 Å². The lowest BCUT2D eigenvalue weighted by molar-refractivity contribution is -0.124. The summed E-state index contributed by atoms with van der Waals surface area (Å²) in [4.78, 5) is 23.2. The average Bonchev–Trinajstić information content (AvgIpc) is 2.35. The van der Waals surface area contributed by atoms with Gasteiger partial charge in [-0.25, -0.2) is 0 Å². The van der Waals surface area contributed by atoms with Crippen LogP contribution in [-0.2, 0) is 4.79 Å². The highest BCUT2D eigenvalue weighted by molar-refractivity contribution is 6.31. The Labute approximate surface area is 110 Å². The average molecular weight is 271 g/mol. The molecule has 2 amide bonds. The van der Waals surface area contributed by atoms with Crippen molar-refractivity contribution < 1.29 is 14.3 Å². The number of nitrogens with one attached hydrogen (secondary N) is 2. The van der Waals surface area contributed by atoms with Crippen LogP contribution in [0.5, 0.6) is 5.75 Å². The Bertz CT molecular complexity index is 461. The summed E-state index contributed by atoms with van der Waals surface area (Å²) in [6, 6.07) is 4.67. The summed E-state index contributed by atoms with van der Waals surface area (Å²) >= 11 is 5.81. The van der Waals surface area contributed by atoms with Crippen LogP contribution >= 0.6 is 11.6 Å². The zero-order valence-corrected chi connectivity index (χ0v) is 11.2. The minimum Gasteiger partial charge on any atom is -0.496 e. The maximum Gasteiger partial charge on any atom is 0.273 e. The van der Waals surface area contributed by atoms with Gasteiger partial charge in [0, 0.05) is 10.9 Å². The predicted molar refractivity (Wildman–Crippen MR) is 68.5 cm³/mol. The molecule has 0 bridgehead atoms. The number of ether oxygens (including phenoxy) is 1. The van der Waals surface area contributed by atoms with E-state index < -0.39 is 5.91 Å². The molecule has 6 heteroatoms. The molecule has 0 aliphatic rings. The van der Waals surface area contributed by atoms with E-state index in [1.807, 2.05) is 0 Å². The van der Waals surface area contributed by atoms with E-state index in [2.05, 4.69) is 10.9 Å². The van der Waals surface area contributed by atoms with Crippen molar-refractivity contribution in [3.05, 3.63) is 28.8 Å². The first-order valence-electron chi connectivity index (χ1n) is 5.39. The standard InChI is InChI=1S/C12H15ClN2O3/c1-7(2)11(16)14-15-12(17)9-6-8(13)4-5-10(9)18-3/h4-7H,1-3H3,(H,14,16)(H,15,17). The zero-order chi connectivity index (χ0) is 13.7. The molecular weight excluding hydrogens is 256 g/mol. The summed E-state index contributed by atoms with van der Waals surface area (Å²) < 4.78 is 5.04. The van der Waals surface area contributed by atoms with Crippen LogP contribution < -0.4 is 15.6 Å². The largest absolute Gasteiger partial charge is 0.496 e. The lowest BCUT2D eigenvalue weighted by atomic mass is 10.2. The Morgan fingerprint density at radius 2 is 1.94 bits per heavy atom. The number of hydrazine groups is 1. The topological polar surface area (TPSA) is 67.4 Å². The van der Waals surface area contributed by atoms with Crippen LogP contribution in [-0.4, -0.2) is 18.9 Å². The molecule has 5 nitrogen and oxygen atoms in total. The number of rotatable bonds is 3. The van der Waals surface area contributed by atoms with Crippen LogP contribution in [0.4, 0.5) is 0 Å². The molecule has 0 aromatic heterocycles. The molecule has 2 N–H and O–H groups in total. The molecule has 0 fully saturated rings. The summed E-state index contributed by atoms with van der Waals surface area (Å²) in [5, 5.41) is 0.413. The van der Waals surface area contributed by atoms with Gasteiger partial charge in [-0.3, -0.25) is 20.4 Å². The number of hydrogen-bond acceptors (Lipinski definition) is 3. The summed E-state index contributed by atoms with van der Waals surface area (Å²) in [5.74, 6) is -0.588. The first-order chi connectivity index (χ1) is 8.45. The van der Waals surface area contributed by atoms with Gasteiger partial charge >= 0.3 is 0 Å². The van der Waals surface area contributed by atoms with Crippen molar-refractivity contribution in [3.8, 4) is 5.75 Å². The van der Waals surface area contributed by atoms with Crippen molar-refractivity contribution in [2.45, 2.75) is 13.8 Å². The Morgan fingerprint density at radius 1 is 1.28 bits per heavy atom. The molecule has 98 valence electrons. The molecule has 0 aliphatic heterocycles. The first kappa shape index (κ1) is 14.3. The van der Waals surface area contributed by atoms with Gasteiger partial charge in [0.05, 0.1) is 12.7 Å². The highest BCUT2D eigenvalue weighted by Crippen LogP contribution is 2.22. The fourth-order valence-corrected chi connectivity index (χ4v) is 1.36. The van der Waals surface area contributed by atoms with E-state index >= 15 is 0 Å². The molecule has 0 spiro atoms. The van der Waals surface area contributed by atoms with Gasteiger partial charge in [-0.15, -0.1) is 0 Å². The molecule has 1 aromatic rings. The quantitative estimate of drug-likeness (QED) is 0.823. The predicted octanol–water partition coefficient (Wildman–Crippen LogP) is 1.77.